The minimum Gasteiger partial charge on any atom is -0.406 e. The van der Waals surface area contributed by atoms with Gasteiger partial charge in [-0.3, -0.25) is 4.79 Å². The highest BCUT2D eigenvalue weighted by molar-refractivity contribution is 6.00. The fourth-order valence-corrected chi connectivity index (χ4v) is 3.83. The lowest BCUT2D eigenvalue weighted by Gasteiger charge is -2.29. The molecular weight excluding hydrogens is 311 g/mol. The number of hydrogen-bond donors (Lipinski definition) is 0. The van der Waals surface area contributed by atoms with Gasteiger partial charge in [0.05, 0.1) is 17.6 Å². The van der Waals surface area contributed by atoms with Gasteiger partial charge in [-0.05, 0) is 49.9 Å². The Morgan fingerprint density at radius 1 is 1.17 bits per heavy atom. The molecule has 3 fully saturated rings. The first-order valence-electron chi connectivity index (χ1n) is 7.70. The second-order valence-electron chi connectivity index (χ2n) is 6.48. The van der Waals surface area contributed by atoms with E-state index in [-0.39, 0.29) is 23.2 Å². The number of ether oxygens (including phenoxy) is 2. The third-order valence-electron chi connectivity index (χ3n) is 5.08. The molecule has 2 heterocycles. The summed E-state index contributed by atoms with van der Waals surface area (Å²) in [7, 11) is 0. The van der Waals surface area contributed by atoms with Crippen LogP contribution in [-0.4, -0.2) is 31.0 Å². The van der Waals surface area contributed by atoms with Gasteiger partial charge in [0.25, 0.3) is 0 Å². The van der Waals surface area contributed by atoms with E-state index >= 15 is 0 Å². The van der Waals surface area contributed by atoms with Crippen LogP contribution in [0.4, 0.5) is 18.9 Å². The summed E-state index contributed by atoms with van der Waals surface area (Å²) in [6.45, 7) is 0.593. The molecule has 1 spiro atoms. The van der Waals surface area contributed by atoms with Crippen molar-refractivity contribution in [2.24, 2.45) is 5.41 Å². The first kappa shape index (κ1) is 14.8. The molecule has 4 nitrogen and oxygen atoms in total. The monoisotopic (exact) mass is 327 g/mol. The Kier molecular flexibility index (Phi) is 3.13. The van der Waals surface area contributed by atoms with Gasteiger partial charge in [0, 0.05) is 12.2 Å². The van der Waals surface area contributed by atoms with E-state index < -0.39 is 6.36 Å². The van der Waals surface area contributed by atoms with E-state index in [0.29, 0.717) is 18.3 Å². The molecule has 2 aliphatic heterocycles. The summed E-state index contributed by atoms with van der Waals surface area (Å²) in [5, 5.41) is 0. The number of benzene rings is 1. The zero-order valence-electron chi connectivity index (χ0n) is 12.3. The van der Waals surface area contributed by atoms with Crippen molar-refractivity contribution in [2.45, 2.75) is 44.3 Å². The third kappa shape index (κ3) is 2.67. The molecular formula is C16H16F3NO3. The Balaban J connectivity index is 1.49. The number of rotatable bonds is 2. The smallest absolute Gasteiger partial charge is 0.406 e. The maximum absolute atomic E-state index is 12.8. The highest BCUT2D eigenvalue weighted by Crippen LogP contribution is 2.52. The number of fused-ring (bicyclic) bond motifs is 1. The first-order valence-corrected chi connectivity index (χ1v) is 7.70. The van der Waals surface area contributed by atoms with Crippen LogP contribution >= 0.6 is 0 Å². The fourth-order valence-electron chi connectivity index (χ4n) is 3.83. The van der Waals surface area contributed by atoms with Crippen LogP contribution in [0, 0.1) is 5.41 Å². The molecule has 1 aromatic carbocycles. The molecule has 1 aromatic rings. The van der Waals surface area contributed by atoms with Crippen LogP contribution in [0.1, 0.15) is 25.7 Å². The van der Waals surface area contributed by atoms with E-state index in [1.54, 1.807) is 4.90 Å². The molecule has 0 bridgehead atoms. The highest BCUT2D eigenvalue weighted by atomic mass is 19.4. The Hall–Kier alpha value is -1.76. The minimum atomic E-state index is -4.71. The van der Waals surface area contributed by atoms with Gasteiger partial charge in [0.15, 0.2) is 0 Å². The molecule has 1 amide bonds. The number of carbonyl (C=O) groups excluding carboxylic acids is 1. The summed E-state index contributed by atoms with van der Waals surface area (Å²) in [6, 6.07) is 5.47. The van der Waals surface area contributed by atoms with Crippen LogP contribution in [0.5, 0.6) is 5.75 Å². The van der Waals surface area contributed by atoms with Crippen LogP contribution in [-0.2, 0) is 9.53 Å². The zero-order chi connectivity index (χ0) is 16.2. The largest absolute Gasteiger partial charge is 0.573 e. The number of halogens is 3. The zero-order valence-corrected chi connectivity index (χ0v) is 12.3. The van der Waals surface area contributed by atoms with Crippen LogP contribution in [0.2, 0.25) is 0 Å². The summed E-state index contributed by atoms with van der Waals surface area (Å²) in [5.74, 6) is -0.217. The third-order valence-corrected chi connectivity index (χ3v) is 5.08. The molecule has 4 rings (SSSR count). The number of epoxide rings is 1. The van der Waals surface area contributed by atoms with Gasteiger partial charge >= 0.3 is 6.36 Å². The van der Waals surface area contributed by atoms with Crippen LogP contribution in [0.25, 0.3) is 0 Å². The predicted octanol–water partition coefficient (Wildman–Crippen LogP) is 3.26. The fraction of sp³-hybridized carbons (Fsp3) is 0.562. The Labute approximate surface area is 131 Å². The first-order chi connectivity index (χ1) is 10.9. The Morgan fingerprint density at radius 3 is 2.57 bits per heavy atom. The maximum Gasteiger partial charge on any atom is 0.573 e. The molecule has 7 heteroatoms. The summed E-state index contributed by atoms with van der Waals surface area (Å²) in [4.78, 5) is 14.5. The van der Waals surface area contributed by atoms with E-state index in [9.17, 15) is 18.0 Å². The number of carbonyl (C=O) groups is 1. The van der Waals surface area contributed by atoms with Crippen LogP contribution in [0.3, 0.4) is 0 Å². The number of amides is 1. The predicted molar refractivity (Wildman–Crippen MR) is 75.0 cm³/mol. The van der Waals surface area contributed by atoms with Crippen molar-refractivity contribution in [3.05, 3.63) is 24.3 Å². The molecule has 0 aromatic heterocycles. The van der Waals surface area contributed by atoms with Crippen molar-refractivity contribution in [3.63, 3.8) is 0 Å². The lowest BCUT2D eigenvalue weighted by atomic mass is 9.73. The van der Waals surface area contributed by atoms with Crippen molar-refractivity contribution in [1.29, 1.82) is 0 Å². The summed E-state index contributed by atoms with van der Waals surface area (Å²) >= 11 is 0. The quantitative estimate of drug-likeness (QED) is 0.783. The summed E-state index contributed by atoms with van der Waals surface area (Å²) < 4.78 is 45.9. The lowest BCUT2D eigenvalue weighted by Crippen LogP contribution is -2.38. The molecule has 2 saturated heterocycles. The van der Waals surface area contributed by atoms with E-state index in [4.69, 9.17) is 4.74 Å². The molecule has 1 saturated carbocycles. The molecule has 0 unspecified atom stereocenters. The lowest BCUT2D eigenvalue weighted by molar-refractivity contribution is -0.274. The van der Waals surface area contributed by atoms with Crippen molar-refractivity contribution in [2.75, 3.05) is 11.4 Å². The van der Waals surface area contributed by atoms with E-state index in [1.807, 2.05) is 0 Å². The van der Waals surface area contributed by atoms with Crippen molar-refractivity contribution in [3.8, 4) is 5.75 Å². The highest BCUT2D eigenvalue weighted by Gasteiger charge is 2.57. The standard InChI is InChI=1S/C16H16F3NO3/c17-16(18,19)23-11-3-1-10(2-4-11)20-8-7-15(14(20)21)6-5-12-13(9-15)22-12/h1-4,12-13H,5-9H2/t12-,13+,15+/m0/s1. The van der Waals surface area contributed by atoms with Crippen LogP contribution < -0.4 is 9.64 Å². The number of anilines is 1. The Morgan fingerprint density at radius 2 is 1.91 bits per heavy atom. The second kappa shape index (κ2) is 4.87. The van der Waals surface area contributed by atoms with Gasteiger partial charge in [-0.25, -0.2) is 0 Å². The van der Waals surface area contributed by atoms with E-state index in [0.717, 1.165) is 25.7 Å². The normalized spacial score (nSPS) is 33.0. The number of hydrogen-bond acceptors (Lipinski definition) is 3. The van der Waals surface area contributed by atoms with Gasteiger partial charge in [-0.2, -0.15) is 0 Å². The summed E-state index contributed by atoms with van der Waals surface area (Å²) in [6.07, 6.45) is -0.864. The van der Waals surface area contributed by atoms with Gasteiger partial charge < -0.3 is 14.4 Å². The molecule has 23 heavy (non-hydrogen) atoms. The average molecular weight is 327 g/mol. The average Bonchev–Trinajstić information content (AvgIpc) is 3.18. The van der Waals surface area contributed by atoms with Gasteiger partial charge in [0.2, 0.25) is 5.91 Å². The molecule has 1 aliphatic carbocycles. The van der Waals surface area contributed by atoms with Crippen molar-refractivity contribution < 1.29 is 27.4 Å². The molecule has 3 aliphatic rings. The molecule has 124 valence electrons. The van der Waals surface area contributed by atoms with Crippen molar-refractivity contribution >= 4 is 11.6 Å². The summed E-state index contributed by atoms with van der Waals surface area (Å²) in [5.41, 5.74) is 0.263. The molecule has 3 atom stereocenters. The Bertz CT molecular complexity index is 630. The second-order valence-corrected chi connectivity index (χ2v) is 6.48. The number of nitrogens with zero attached hydrogens (tertiary/aromatic N) is 1. The maximum atomic E-state index is 12.8. The molecule has 0 radical (unpaired) electrons. The van der Waals surface area contributed by atoms with Crippen LogP contribution in [0.15, 0.2) is 24.3 Å². The van der Waals surface area contributed by atoms with Crippen molar-refractivity contribution in [1.82, 2.24) is 0 Å². The molecule has 0 N–H and O–H groups in total. The van der Waals surface area contributed by atoms with E-state index in [1.165, 1.54) is 24.3 Å². The van der Waals surface area contributed by atoms with E-state index in [2.05, 4.69) is 4.74 Å². The topological polar surface area (TPSA) is 42.1 Å². The van der Waals surface area contributed by atoms with Gasteiger partial charge in [-0.15, -0.1) is 13.2 Å². The minimum absolute atomic E-state index is 0.0657. The van der Waals surface area contributed by atoms with Gasteiger partial charge in [0.1, 0.15) is 5.75 Å². The van der Waals surface area contributed by atoms with Gasteiger partial charge in [-0.1, -0.05) is 0 Å². The SMILES string of the molecule is O=C1N(c2ccc(OC(F)(F)F)cc2)CC[C@@]12CC[C@@H]1O[C@@H]1C2. The number of alkyl halides is 3.